The number of anilines is 2. The SMILES string of the molecule is Cc1ccc(Cl)cc1Nc1ccnc(Cl)c1. The van der Waals surface area contributed by atoms with E-state index in [9.17, 15) is 0 Å². The Morgan fingerprint density at radius 2 is 1.94 bits per heavy atom. The summed E-state index contributed by atoms with van der Waals surface area (Å²) in [5.74, 6) is 0. The van der Waals surface area contributed by atoms with Crippen molar-refractivity contribution in [1.29, 1.82) is 0 Å². The predicted molar refractivity (Wildman–Crippen MR) is 68.7 cm³/mol. The molecular formula is C12H10Cl2N2. The van der Waals surface area contributed by atoms with Crippen LogP contribution in [0.2, 0.25) is 10.2 Å². The van der Waals surface area contributed by atoms with Crippen LogP contribution in [0, 0.1) is 6.92 Å². The summed E-state index contributed by atoms with van der Waals surface area (Å²) in [7, 11) is 0. The van der Waals surface area contributed by atoms with E-state index in [-0.39, 0.29) is 0 Å². The number of pyridine rings is 1. The Bertz CT molecular complexity index is 512. The van der Waals surface area contributed by atoms with Gasteiger partial charge in [0.1, 0.15) is 5.15 Å². The maximum absolute atomic E-state index is 5.94. The first-order chi connectivity index (χ1) is 7.65. The van der Waals surface area contributed by atoms with Crippen LogP contribution in [0.4, 0.5) is 11.4 Å². The van der Waals surface area contributed by atoms with Gasteiger partial charge in [-0.25, -0.2) is 4.98 Å². The Hall–Kier alpha value is -1.25. The lowest BCUT2D eigenvalue weighted by Gasteiger charge is -2.09. The van der Waals surface area contributed by atoms with Gasteiger partial charge in [-0.3, -0.25) is 0 Å². The average molecular weight is 253 g/mol. The summed E-state index contributed by atoms with van der Waals surface area (Å²) in [5, 5.41) is 4.41. The second-order valence-corrected chi connectivity index (χ2v) is 4.28. The predicted octanol–water partition coefficient (Wildman–Crippen LogP) is 4.44. The third-order valence-electron chi connectivity index (χ3n) is 2.21. The largest absolute Gasteiger partial charge is 0.355 e. The Morgan fingerprint density at radius 3 is 2.69 bits per heavy atom. The van der Waals surface area contributed by atoms with Gasteiger partial charge in [0, 0.05) is 22.6 Å². The molecule has 1 aromatic carbocycles. The molecule has 0 aliphatic rings. The summed E-state index contributed by atoms with van der Waals surface area (Å²) < 4.78 is 0. The van der Waals surface area contributed by atoms with Crippen LogP contribution in [0.5, 0.6) is 0 Å². The molecule has 0 atom stereocenters. The fourth-order valence-electron chi connectivity index (χ4n) is 1.36. The van der Waals surface area contributed by atoms with Crippen molar-refractivity contribution < 1.29 is 0 Å². The lowest BCUT2D eigenvalue weighted by molar-refractivity contribution is 1.32. The summed E-state index contributed by atoms with van der Waals surface area (Å²) in [5.41, 5.74) is 2.98. The minimum atomic E-state index is 0.463. The Balaban J connectivity index is 2.30. The topological polar surface area (TPSA) is 24.9 Å². The molecule has 1 heterocycles. The third kappa shape index (κ3) is 2.65. The summed E-state index contributed by atoms with van der Waals surface area (Å²) in [6, 6.07) is 9.33. The highest BCUT2D eigenvalue weighted by molar-refractivity contribution is 6.31. The molecule has 0 aliphatic heterocycles. The molecule has 0 aliphatic carbocycles. The van der Waals surface area contributed by atoms with E-state index in [4.69, 9.17) is 23.2 Å². The number of halogens is 2. The molecule has 0 saturated heterocycles. The van der Waals surface area contributed by atoms with Crippen LogP contribution in [0.15, 0.2) is 36.5 Å². The van der Waals surface area contributed by atoms with Crippen molar-refractivity contribution >= 4 is 34.6 Å². The fourth-order valence-corrected chi connectivity index (χ4v) is 1.71. The Kier molecular flexibility index (Phi) is 3.32. The monoisotopic (exact) mass is 252 g/mol. The number of aromatic nitrogens is 1. The maximum Gasteiger partial charge on any atom is 0.131 e. The normalized spacial score (nSPS) is 10.2. The van der Waals surface area contributed by atoms with Gasteiger partial charge in [0.15, 0.2) is 0 Å². The highest BCUT2D eigenvalue weighted by atomic mass is 35.5. The average Bonchev–Trinajstić information content (AvgIpc) is 2.24. The molecule has 1 aromatic heterocycles. The van der Waals surface area contributed by atoms with E-state index in [0.29, 0.717) is 10.2 Å². The van der Waals surface area contributed by atoms with E-state index < -0.39 is 0 Å². The molecule has 2 rings (SSSR count). The molecule has 0 spiro atoms. The lowest BCUT2D eigenvalue weighted by atomic mass is 10.2. The Morgan fingerprint density at radius 1 is 1.12 bits per heavy atom. The van der Waals surface area contributed by atoms with E-state index in [1.165, 1.54) is 0 Å². The van der Waals surface area contributed by atoms with E-state index >= 15 is 0 Å². The van der Waals surface area contributed by atoms with Gasteiger partial charge in [-0.1, -0.05) is 29.3 Å². The van der Waals surface area contributed by atoms with Crippen molar-refractivity contribution in [2.45, 2.75) is 6.92 Å². The zero-order valence-electron chi connectivity index (χ0n) is 8.67. The highest BCUT2D eigenvalue weighted by Crippen LogP contribution is 2.24. The van der Waals surface area contributed by atoms with Crippen molar-refractivity contribution in [1.82, 2.24) is 4.98 Å². The van der Waals surface area contributed by atoms with Gasteiger partial charge in [-0.15, -0.1) is 0 Å². The molecular weight excluding hydrogens is 243 g/mol. The molecule has 0 bridgehead atoms. The number of nitrogens with zero attached hydrogens (tertiary/aromatic N) is 1. The van der Waals surface area contributed by atoms with Crippen LogP contribution in [-0.2, 0) is 0 Å². The smallest absolute Gasteiger partial charge is 0.131 e. The number of hydrogen-bond donors (Lipinski definition) is 1. The minimum Gasteiger partial charge on any atom is -0.355 e. The molecule has 16 heavy (non-hydrogen) atoms. The summed E-state index contributed by atoms with van der Waals surface area (Å²) in [6.07, 6.45) is 1.66. The molecule has 1 N–H and O–H groups in total. The van der Waals surface area contributed by atoms with Crippen LogP contribution in [0.1, 0.15) is 5.56 Å². The second-order valence-electron chi connectivity index (χ2n) is 3.45. The van der Waals surface area contributed by atoms with Gasteiger partial charge in [-0.2, -0.15) is 0 Å². The molecule has 2 nitrogen and oxygen atoms in total. The number of nitrogens with one attached hydrogen (secondary N) is 1. The van der Waals surface area contributed by atoms with Crippen LogP contribution in [-0.4, -0.2) is 4.98 Å². The first-order valence-corrected chi connectivity index (χ1v) is 5.55. The molecule has 0 unspecified atom stereocenters. The van der Waals surface area contributed by atoms with Crippen molar-refractivity contribution in [2.75, 3.05) is 5.32 Å². The van der Waals surface area contributed by atoms with E-state index in [0.717, 1.165) is 16.9 Å². The van der Waals surface area contributed by atoms with E-state index in [2.05, 4.69) is 10.3 Å². The number of benzene rings is 1. The molecule has 0 fully saturated rings. The van der Waals surface area contributed by atoms with E-state index in [1.54, 1.807) is 12.3 Å². The quantitative estimate of drug-likeness (QED) is 0.800. The highest BCUT2D eigenvalue weighted by Gasteiger charge is 2.00. The molecule has 0 amide bonds. The molecule has 2 aromatic rings. The molecule has 0 radical (unpaired) electrons. The maximum atomic E-state index is 5.94. The van der Waals surface area contributed by atoms with Crippen molar-refractivity contribution in [2.24, 2.45) is 0 Å². The number of hydrogen-bond acceptors (Lipinski definition) is 2. The van der Waals surface area contributed by atoms with Crippen molar-refractivity contribution in [3.8, 4) is 0 Å². The first-order valence-electron chi connectivity index (χ1n) is 4.80. The van der Waals surface area contributed by atoms with Gasteiger partial charge in [0.25, 0.3) is 0 Å². The molecule has 0 saturated carbocycles. The van der Waals surface area contributed by atoms with Crippen LogP contribution in [0.3, 0.4) is 0 Å². The van der Waals surface area contributed by atoms with Gasteiger partial charge in [0.05, 0.1) is 0 Å². The summed E-state index contributed by atoms with van der Waals surface area (Å²) in [4.78, 5) is 3.92. The fraction of sp³-hybridized carbons (Fsp3) is 0.0833. The lowest BCUT2D eigenvalue weighted by Crippen LogP contribution is -1.93. The van der Waals surface area contributed by atoms with E-state index in [1.807, 2.05) is 31.2 Å². The van der Waals surface area contributed by atoms with Gasteiger partial charge >= 0.3 is 0 Å². The number of aryl methyl sites for hydroxylation is 1. The van der Waals surface area contributed by atoms with Gasteiger partial charge < -0.3 is 5.32 Å². The van der Waals surface area contributed by atoms with Gasteiger partial charge in [-0.05, 0) is 36.8 Å². The summed E-state index contributed by atoms with van der Waals surface area (Å²) >= 11 is 11.7. The van der Waals surface area contributed by atoms with Gasteiger partial charge in [0.2, 0.25) is 0 Å². The van der Waals surface area contributed by atoms with Crippen molar-refractivity contribution in [3.05, 3.63) is 52.3 Å². The standard InChI is InChI=1S/C12H10Cl2N2/c1-8-2-3-9(13)6-11(8)16-10-4-5-15-12(14)7-10/h2-7H,1H3,(H,15,16). The van der Waals surface area contributed by atoms with Crippen LogP contribution < -0.4 is 5.32 Å². The second kappa shape index (κ2) is 4.73. The van der Waals surface area contributed by atoms with Crippen LogP contribution >= 0.6 is 23.2 Å². The zero-order chi connectivity index (χ0) is 11.5. The zero-order valence-corrected chi connectivity index (χ0v) is 10.2. The number of rotatable bonds is 2. The first kappa shape index (κ1) is 11.2. The molecule has 82 valence electrons. The molecule has 4 heteroatoms. The minimum absolute atomic E-state index is 0.463. The third-order valence-corrected chi connectivity index (χ3v) is 2.65. The van der Waals surface area contributed by atoms with Crippen molar-refractivity contribution in [3.63, 3.8) is 0 Å². The summed E-state index contributed by atoms with van der Waals surface area (Å²) in [6.45, 7) is 2.02. The van der Waals surface area contributed by atoms with Crippen LogP contribution in [0.25, 0.3) is 0 Å². The Labute approximate surface area is 104 Å².